The molecule has 0 saturated carbocycles. The van der Waals surface area contributed by atoms with Crippen molar-refractivity contribution < 1.29 is 8.76 Å². The van der Waals surface area contributed by atoms with E-state index in [4.69, 9.17) is 0 Å². The lowest BCUT2D eigenvalue weighted by molar-refractivity contribution is 0.543. The summed E-state index contributed by atoms with van der Waals surface area (Å²) in [6.45, 7) is 0. The zero-order chi connectivity index (χ0) is 12.5. The minimum atomic E-state index is -2.31. The average molecular weight is 295 g/mol. The first kappa shape index (κ1) is 11.8. The number of aromatic nitrogens is 1. The molecule has 1 atom stereocenters. The predicted molar refractivity (Wildman–Crippen MR) is 75.5 cm³/mol. The molecule has 0 saturated heterocycles. The van der Waals surface area contributed by atoms with Crippen LogP contribution in [0.3, 0.4) is 0 Å². The highest BCUT2D eigenvalue weighted by Crippen LogP contribution is 2.37. The fourth-order valence-electron chi connectivity index (χ4n) is 1.62. The van der Waals surface area contributed by atoms with Gasteiger partial charge < -0.3 is 9.27 Å². The van der Waals surface area contributed by atoms with Gasteiger partial charge in [0.15, 0.2) is 0 Å². The molecule has 4 nitrogen and oxygen atoms in total. The van der Waals surface area contributed by atoms with Crippen LogP contribution >= 0.6 is 22.7 Å². The zero-order valence-electron chi connectivity index (χ0n) is 8.95. The fraction of sp³-hybridized carbons (Fsp3) is 0. The van der Waals surface area contributed by atoms with Gasteiger partial charge >= 0.3 is 0 Å². The first-order valence-electron chi connectivity index (χ1n) is 5.03. The zero-order valence-corrected chi connectivity index (χ0v) is 11.4. The van der Waals surface area contributed by atoms with E-state index in [0.717, 1.165) is 20.8 Å². The van der Waals surface area contributed by atoms with Gasteiger partial charge in [-0.1, -0.05) is 12.1 Å². The molecule has 0 radical (unpaired) electrons. The number of thiazole rings is 1. The van der Waals surface area contributed by atoms with Gasteiger partial charge in [0.1, 0.15) is 10.0 Å². The normalized spacial score (nSPS) is 12.7. The first-order valence-corrected chi connectivity index (χ1v) is 7.80. The molecule has 3 aromatic rings. The Balaban J connectivity index is 2.08. The van der Waals surface area contributed by atoms with E-state index in [1.54, 1.807) is 11.3 Å². The third kappa shape index (κ3) is 2.17. The van der Waals surface area contributed by atoms with E-state index >= 15 is 0 Å². The van der Waals surface area contributed by atoms with Crippen molar-refractivity contribution in [3.63, 3.8) is 0 Å². The molecule has 0 fully saturated rings. The fourth-order valence-corrected chi connectivity index (χ4v) is 3.97. The molecule has 0 aliphatic heterocycles. The Bertz CT molecular complexity index is 687. The van der Waals surface area contributed by atoms with Crippen LogP contribution in [0.1, 0.15) is 0 Å². The topological polar surface area (TPSA) is 65.0 Å². The first-order chi connectivity index (χ1) is 8.74. The highest BCUT2D eigenvalue weighted by molar-refractivity contribution is 7.80. The molecule has 0 spiro atoms. The SMILES string of the molecule is O=S([O-])Nc1sccc1-c1nc2ccccc2s1. The summed E-state index contributed by atoms with van der Waals surface area (Å²) in [4.78, 5) is 4.51. The second-order valence-corrected chi connectivity index (χ2v) is 6.11. The van der Waals surface area contributed by atoms with Crippen LogP contribution in [0.4, 0.5) is 5.00 Å². The van der Waals surface area contributed by atoms with Gasteiger partial charge in [-0.3, -0.25) is 4.21 Å². The number of para-hydroxylation sites is 1. The van der Waals surface area contributed by atoms with Crippen molar-refractivity contribution in [3.05, 3.63) is 35.7 Å². The van der Waals surface area contributed by atoms with Crippen molar-refractivity contribution in [2.24, 2.45) is 0 Å². The van der Waals surface area contributed by atoms with Crippen LogP contribution in [-0.2, 0) is 11.3 Å². The van der Waals surface area contributed by atoms with Crippen LogP contribution in [0.15, 0.2) is 35.7 Å². The molecule has 3 rings (SSSR count). The number of thiophene rings is 1. The maximum Gasteiger partial charge on any atom is 0.127 e. The monoisotopic (exact) mass is 295 g/mol. The summed E-state index contributed by atoms with van der Waals surface area (Å²) >= 11 is 0.586. The van der Waals surface area contributed by atoms with E-state index in [0.29, 0.717) is 5.00 Å². The smallest absolute Gasteiger partial charge is 0.127 e. The molecule has 2 heterocycles. The molecular weight excluding hydrogens is 288 g/mol. The predicted octanol–water partition coefficient (Wildman–Crippen LogP) is 3.23. The van der Waals surface area contributed by atoms with Gasteiger partial charge in [0.2, 0.25) is 0 Å². The molecule has 92 valence electrons. The second-order valence-electron chi connectivity index (χ2n) is 3.49. The lowest BCUT2D eigenvalue weighted by Crippen LogP contribution is -2.01. The molecule has 0 bridgehead atoms. The van der Waals surface area contributed by atoms with Crippen molar-refractivity contribution in [3.8, 4) is 10.6 Å². The number of rotatable bonds is 3. The molecular formula is C11H7N2O2S3-. The summed E-state index contributed by atoms with van der Waals surface area (Å²) in [6, 6.07) is 9.72. The second kappa shape index (κ2) is 4.77. The van der Waals surface area contributed by atoms with E-state index in [1.807, 2.05) is 35.7 Å². The van der Waals surface area contributed by atoms with Gasteiger partial charge in [-0.05, 0) is 23.6 Å². The van der Waals surface area contributed by atoms with Crippen molar-refractivity contribution in [2.45, 2.75) is 0 Å². The summed E-state index contributed by atoms with van der Waals surface area (Å²) in [5, 5.41) is 3.27. The molecule has 0 aliphatic carbocycles. The van der Waals surface area contributed by atoms with Crippen LogP contribution in [0.5, 0.6) is 0 Å². The Labute approximate surface area is 114 Å². The van der Waals surface area contributed by atoms with Gasteiger partial charge in [0, 0.05) is 16.8 Å². The van der Waals surface area contributed by atoms with Crippen molar-refractivity contribution in [2.75, 3.05) is 4.72 Å². The highest BCUT2D eigenvalue weighted by atomic mass is 32.2. The van der Waals surface area contributed by atoms with Gasteiger partial charge in [0.25, 0.3) is 0 Å². The Morgan fingerprint density at radius 2 is 2.11 bits per heavy atom. The van der Waals surface area contributed by atoms with Gasteiger partial charge in [-0.2, -0.15) is 0 Å². The Morgan fingerprint density at radius 3 is 2.89 bits per heavy atom. The molecule has 0 aliphatic rings. The maximum absolute atomic E-state index is 10.7. The number of benzene rings is 1. The summed E-state index contributed by atoms with van der Waals surface area (Å²) in [7, 11) is 0. The van der Waals surface area contributed by atoms with Crippen molar-refractivity contribution in [1.29, 1.82) is 0 Å². The standard InChI is InChI=1S/C11H8N2O2S3/c14-18(15)13-11-7(5-6-16-11)10-12-8-3-1-2-4-9(8)17-10/h1-6,13H,(H,14,15)/p-1. The largest absolute Gasteiger partial charge is 0.755 e. The number of fused-ring (bicyclic) bond motifs is 1. The summed E-state index contributed by atoms with van der Waals surface area (Å²) in [5.74, 6) is 0. The van der Waals surface area contributed by atoms with Crippen LogP contribution in [-0.4, -0.2) is 13.7 Å². The number of hydrogen-bond donors (Lipinski definition) is 1. The Morgan fingerprint density at radius 1 is 1.28 bits per heavy atom. The van der Waals surface area contributed by atoms with Crippen molar-refractivity contribution in [1.82, 2.24) is 4.98 Å². The molecule has 2 aromatic heterocycles. The third-order valence-corrected chi connectivity index (χ3v) is 4.77. The number of anilines is 1. The van der Waals surface area contributed by atoms with Crippen LogP contribution in [0, 0.1) is 0 Å². The Kier molecular flexibility index (Phi) is 3.13. The average Bonchev–Trinajstić information content (AvgIpc) is 2.93. The summed E-state index contributed by atoms with van der Waals surface area (Å²) in [5.41, 5.74) is 1.75. The van der Waals surface area contributed by atoms with E-state index in [-0.39, 0.29) is 0 Å². The van der Waals surface area contributed by atoms with E-state index in [1.165, 1.54) is 11.3 Å². The molecule has 1 N–H and O–H groups in total. The van der Waals surface area contributed by atoms with E-state index in [9.17, 15) is 8.76 Å². The summed E-state index contributed by atoms with van der Waals surface area (Å²) in [6.07, 6.45) is 0. The highest BCUT2D eigenvalue weighted by Gasteiger charge is 2.11. The number of nitrogens with one attached hydrogen (secondary N) is 1. The minimum Gasteiger partial charge on any atom is -0.755 e. The lowest BCUT2D eigenvalue weighted by Gasteiger charge is -2.07. The van der Waals surface area contributed by atoms with Crippen LogP contribution < -0.4 is 4.72 Å². The van der Waals surface area contributed by atoms with E-state index in [2.05, 4.69) is 9.71 Å². The molecule has 1 unspecified atom stereocenters. The van der Waals surface area contributed by atoms with E-state index < -0.39 is 11.3 Å². The Hall–Kier alpha value is -1.28. The van der Waals surface area contributed by atoms with Gasteiger partial charge in [-0.15, -0.1) is 22.7 Å². The molecule has 0 amide bonds. The lowest BCUT2D eigenvalue weighted by atomic mass is 10.3. The van der Waals surface area contributed by atoms with Gasteiger partial charge in [0.05, 0.1) is 10.2 Å². The van der Waals surface area contributed by atoms with Crippen LogP contribution in [0.2, 0.25) is 0 Å². The number of nitrogens with zero attached hydrogens (tertiary/aromatic N) is 1. The minimum absolute atomic E-state index is 0.599. The molecule has 1 aromatic carbocycles. The third-order valence-electron chi connectivity index (χ3n) is 2.37. The molecule has 7 heteroatoms. The number of hydrogen-bond acceptors (Lipinski definition) is 5. The van der Waals surface area contributed by atoms with Crippen LogP contribution in [0.25, 0.3) is 20.8 Å². The quantitative estimate of drug-likeness (QED) is 0.754. The molecule has 18 heavy (non-hydrogen) atoms. The maximum atomic E-state index is 10.7. The van der Waals surface area contributed by atoms with Gasteiger partial charge in [-0.25, -0.2) is 4.98 Å². The van der Waals surface area contributed by atoms with Crippen molar-refractivity contribution >= 4 is 49.2 Å². The summed E-state index contributed by atoms with van der Waals surface area (Å²) < 4.78 is 24.9.